The van der Waals surface area contributed by atoms with E-state index in [1.165, 1.54) is 0 Å². The lowest BCUT2D eigenvalue weighted by Gasteiger charge is -2.04. The van der Waals surface area contributed by atoms with Crippen molar-refractivity contribution >= 4 is 40.8 Å². The summed E-state index contributed by atoms with van der Waals surface area (Å²) in [4.78, 5) is 5.22. The number of hydrogen-bond acceptors (Lipinski definition) is 4. The normalized spacial score (nSPS) is 10.4. The van der Waals surface area contributed by atoms with Gasteiger partial charge >= 0.3 is 0 Å². The molecular weight excluding hydrogens is 289 g/mol. The van der Waals surface area contributed by atoms with Crippen molar-refractivity contribution < 1.29 is 0 Å². The van der Waals surface area contributed by atoms with Gasteiger partial charge in [-0.3, -0.25) is 0 Å². The fraction of sp³-hybridized carbons (Fsp3) is 0.0833. The van der Waals surface area contributed by atoms with Crippen molar-refractivity contribution in [1.29, 1.82) is 0 Å². The number of nitrogens with one attached hydrogen (secondary N) is 1. The molecule has 6 heteroatoms. The summed E-state index contributed by atoms with van der Waals surface area (Å²) in [6, 6.07) is 9.42. The minimum Gasteiger partial charge on any atom is -0.308 e. The highest BCUT2D eigenvalue weighted by molar-refractivity contribution is 7.98. The molecule has 0 fully saturated rings. The molecule has 2 rings (SSSR count). The summed E-state index contributed by atoms with van der Waals surface area (Å²) in [6.07, 6.45) is 1.79. The van der Waals surface area contributed by atoms with Crippen LogP contribution < -0.4 is 11.3 Å². The van der Waals surface area contributed by atoms with E-state index in [4.69, 9.17) is 29.0 Å². The van der Waals surface area contributed by atoms with Gasteiger partial charge in [0.15, 0.2) is 0 Å². The van der Waals surface area contributed by atoms with Gasteiger partial charge in [-0.25, -0.2) is 10.8 Å². The highest BCUT2D eigenvalue weighted by Crippen LogP contribution is 2.29. The van der Waals surface area contributed by atoms with Crippen molar-refractivity contribution in [3.05, 3.63) is 52.1 Å². The third-order valence-corrected chi connectivity index (χ3v) is 4.07. The minimum atomic E-state index is 0.570. The Hall–Kier alpha value is -0.940. The molecule has 1 aromatic heterocycles. The van der Waals surface area contributed by atoms with Crippen LogP contribution in [0.5, 0.6) is 0 Å². The molecule has 0 atom stereocenters. The van der Waals surface area contributed by atoms with Crippen LogP contribution in [0.1, 0.15) is 5.56 Å². The lowest BCUT2D eigenvalue weighted by Crippen LogP contribution is -2.08. The number of rotatable bonds is 4. The zero-order chi connectivity index (χ0) is 13.0. The predicted octanol–water partition coefficient (Wildman–Crippen LogP) is 3.97. The molecule has 1 aromatic carbocycles. The molecule has 0 aliphatic rings. The Morgan fingerprint density at radius 2 is 2.00 bits per heavy atom. The maximum absolute atomic E-state index is 5.96. The average Bonchev–Trinajstić information content (AvgIpc) is 2.41. The molecule has 0 aliphatic carbocycles. The summed E-state index contributed by atoms with van der Waals surface area (Å²) in [5.74, 6) is 6.72. The highest BCUT2D eigenvalue weighted by atomic mass is 35.5. The summed E-state index contributed by atoms with van der Waals surface area (Å²) in [6.45, 7) is 0. The van der Waals surface area contributed by atoms with E-state index in [-0.39, 0.29) is 0 Å². The lowest BCUT2D eigenvalue weighted by molar-refractivity contribution is 1.19. The number of nitrogen functional groups attached to an aromatic ring is 1. The van der Waals surface area contributed by atoms with Crippen LogP contribution in [0.4, 0.5) is 5.82 Å². The molecule has 0 saturated heterocycles. The SMILES string of the molecule is NNc1ccc(CSc2ccc(Cl)c(Cl)c2)cn1. The lowest BCUT2D eigenvalue weighted by atomic mass is 10.3. The van der Waals surface area contributed by atoms with Crippen LogP contribution in [0.2, 0.25) is 10.0 Å². The Labute approximate surface area is 120 Å². The van der Waals surface area contributed by atoms with Crippen molar-refractivity contribution in [3.63, 3.8) is 0 Å². The molecule has 1 heterocycles. The molecule has 94 valence electrons. The molecule has 0 unspecified atom stereocenters. The second kappa shape index (κ2) is 6.29. The Balaban J connectivity index is 1.99. The number of hydrogen-bond donors (Lipinski definition) is 2. The monoisotopic (exact) mass is 299 g/mol. The van der Waals surface area contributed by atoms with E-state index < -0.39 is 0 Å². The molecule has 0 spiro atoms. The summed E-state index contributed by atoms with van der Waals surface area (Å²) in [5.41, 5.74) is 3.61. The quantitative estimate of drug-likeness (QED) is 0.510. The first-order valence-electron chi connectivity index (χ1n) is 5.18. The summed E-state index contributed by atoms with van der Waals surface area (Å²) in [7, 11) is 0. The molecule has 18 heavy (non-hydrogen) atoms. The van der Waals surface area contributed by atoms with Crippen molar-refractivity contribution in [3.8, 4) is 0 Å². The number of nitrogens with two attached hydrogens (primary N) is 1. The van der Waals surface area contributed by atoms with Gasteiger partial charge in [-0.15, -0.1) is 11.8 Å². The van der Waals surface area contributed by atoms with Crippen LogP contribution in [0, 0.1) is 0 Å². The van der Waals surface area contributed by atoms with Crippen LogP contribution in [0.25, 0.3) is 0 Å². The topological polar surface area (TPSA) is 50.9 Å². The number of nitrogens with zero attached hydrogens (tertiary/aromatic N) is 1. The molecule has 0 amide bonds. The van der Waals surface area contributed by atoms with Crippen molar-refractivity contribution in [2.45, 2.75) is 10.6 Å². The molecule has 0 radical (unpaired) electrons. The number of benzene rings is 1. The standard InChI is InChI=1S/C12H11Cl2N3S/c13-10-3-2-9(5-11(10)14)18-7-8-1-4-12(17-15)16-6-8/h1-6H,7,15H2,(H,16,17). The number of thioether (sulfide) groups is 1. The van der Waals surface area contributed by atoms with E-state index >= 15 is 0 Å². The van der Waals surface area contributed by atoms with Crippen LogP contribution in [0.15, 0.2) is 41.4 Å². The van der Waals surface area contributed by atoms with Crippen molar-refractivity contribution in [2.75, 3.05) is 5.43 Å². The summed E-state index contributed by atoms with van der Waals surface area (Å²) >= 11 is 13.5. The Kier molecular flexibility index (Phi) is 4.72. The minimum absolute atomic E-state index is 0.570. The molecular formula is C12H11Cl2N3S. The Morgan fingerprint density at radius 3 is 2.61 bits per heavy atom. The fourth-order valence-electron chi connectivity index (χ4n) is 1.33. The van der Waals surface area contributed by atoms with Crippen LogP contribution in [-0.4, -0.2) is 4.98 Å². The van der Waals surface area contributed by atoms with Gasteiger partial charge in [0.25, 0.3) is 0 Å². The van der Waals surface area contributed by atoms with Crippen LogP contribution in [0.3, 0.4) is 0 Å². The van der Waals surface area contributed by atoms with E-state index in [9.17, 15) is 0 Å². The van der Waals surface area contributed by atoms with Gasteiger partial charge in [0, 0.05) is 16.8 Å². The Bertz CT molecular complexity index is 531. The molecule has 3 N–H and O–H groups in total. The highest BCUT2D eigenvalue weighted by Gasteiger charge is 2.01. The fourth-order valence-corrected chi connectivity index (χ4v) is 2.56. The van der Waals surface area contributed by atoms with Gasteiger partial charge in [-0.05, 0) is 29.8 Å². The average molecular weight is 300 g/mol. The number of halogens is 2. The van der Waals surface area contributed by atoms with E-state index in [1.807, 2.05) is 24.3 Å². The third-order valence-electron chi connectivity index (χ3n) is 2.27. The van der Waals surface area contributed by atoms with Gasteiger partial charge < -0.3 is 5.43 Å². The van der Waals surface area contributed by atoms with Gasteiger partial charge in [-0.1, -0.05) is 29.3 Å². The molecule has 3 nitrogen and oxygen atoms in total. The molecule has 2 aromatic rings. The number of hydrazine groups is 1. The third kappa shape index (κ3) is 3.53. The van der Waals surface area contributed by atoms with Crippen LogP contribution >= 0.6 is 35.0 Å². The maximum atomic E-state index is 5.96. The summed E-state index contributed by atoms with van der Waals surface area (Å²) in [5, 5.41) is 1.14. The Morgan fingerprint density at radius 1 is 1.17 bits per heavy atom. The van der Waals surface area contributed by atoms with Crippen LogP contribution in [-0.2, 0) is 5.75 Å². The number of aromatic nitrogens is 1. The van der Waals surface area contributed by atoms with E-state index in [0.29, 0.717) is 15.9 Å². The van der Waals surface area contributed by atoms with Crippen molar-refractivity contribution in [1.82, 2.24) is 4.98 Å². The molecule has 0 bridgehead atoms. The zero-order valence-electron chi connectivity index (χ0n) is 9.36. The summed E-state index contributed by atoms with van der Waals surface area (Å²) < 4.78 is 0. The predicted molar refractivity (Wildman–Crippen MR) is 78.1 cm³/mol. The number of pyridine rings is 1. The first kappa shape index (κ1) is 13.5. The molecule has 0 saturated carbocycles. The number of anilines is 1. The van der Waals surface area contributed by atoms with E-state index in [2.05, 4.69) is 10.4 Å². The second-order valence-corrected chi connectivity index (χ2v) is 5.42. The van der Waals surface area contributed by atoms with Gasteiger partial charge in [0.05, 0.1) is 10.0 Å². The zero-order valence-corrected chi connectivity index (χ0v) is 11.7. The smallest absolute Gasteiger partial charge is 0.139 e. The van der Waals surface area contributed by atoms with Gasteiger partial charge in [0.1, 0.15) is 5.82 Å². The maximum Gasteiger partial charge on any atom is 0.139 e. The van der Waals surface area contributed by atoms with E-state index in [1.54, 1.807) is 24.0 Å². The van der Waals surface area contributed by atoms with Gasteiger partial charge in [-0.2, -0.15) is 0 Å². The second-order valence-electron chi connectivity index (χ2n) is 3.56. The van der Waals surface area contributed by atoms with Gasteiger partial charge in [0.2, 0.25) is 0 Å². The van der Waals surface area contributed by atoms with Crippen molar-refractivity contribution in [2.24, 2.45) is 5.84 Å². The first-order valence-corrected chi connectivity index (χ1v) is 6.92. The van der Waals surface area contributed by atoms with E-state index in [0.717, 1.165) is 16.2 Å². The molecule has 0 aliphatic heterocycles. The largest absolute Gasteiger partial charge is 0.308 e. The first-order chi connectivity index (χ1) is 8.69.